The van der Waals surface area contributed by atoms with Crippen LogP contribution in [-0.2, 0) is 9.59 Å². The molecule has 4 nitrogen and oxygen atoms in total. The first-order valence-electron chi connectivity index (χ1n) is 10.8. The van der Waals surface area contributed by atoms with Crippen molar-refractivity contribution in [1.82, 2.24) is 0 Å². The van der Waals surface area contributed by atoms with Crippen LogP contribution >= 0.6 is 0 Å². The number of aliphatic hydroxyl groups excluding tert-OH is 1. The zero-order valence-corrected chi connectivity index (χ0v) is 16.7. The van der Waals surface area contributed by atoms with E-state index in [1.165, 1.54) is 25.7 Å². The second-order valence-corrected chi connectivity index (χ2v) is 8.53. The maximum absolute atomic E-state index is 12.1. The molecule has 0 aromatic rings. The number of rotatable bonds is 12. The van der Waals surface area contributed by atoms with Gasteiger partial charge in [-0.2, -0.15) is 0 Å². The van der Waals surface area contributed by atoms with Crippen molar-refractivity contribution < 1.29 is 19.8 Å². The minimum Gasteiger partial charge on any atom is -0.481 e. The maximum atomic E-state index is 12.1. The zero-order chi connectivity index (χ0) is 19.6. The molecule has 2 rings (SSSR count). The van der Waals surface area contributed by atoms with Gasteiger partial charge in [0.05, 0.1) is 6.10 Å². The molecule has 1 saturated carbocycles. The van der Waals surface area contributed by atoms with E-state index in [2.05, 4.69) is 6.92 Å². The molecule has 0 aliphatic heterocycles. The second kappa shape index (κ2) is 11.4. The number of allylic oxidation sites excluding steroid dienone is 3. The molecule has 1 fully saturated rings. The number of carbonyl (C=O) groups excluding carboxylic acids is 1. The predicted molar refractivity (Wildman–Crippen MR) is 107 cm³/mol. The molecule has 2 N–H and O–H groups in total. The van der Waals surface area contributed by atoms with Gasteiger partial charge in [0.1, 0.15) is 0 Å². The Balaban J connectivity index is 1.72. The lowest BCUT2D eigenvalue weighted by Gasteiger charge is -2.20. The average molecular weight is 377 g/mol. The van der Waals surface area contributed by atoms with Crippen LogP contribution in [0.5, 0.6) is 0 Å². The predicted octanol–water partition coefficient (Wildman–Crippen LogP) is 4.92. The van der Waals surface area contributed by atoms with Gasteiger partial charge in [0, 0.05) is 18.3 Å². The summed E-state index contributed by atoms with van der Waals surface area (Å²) in [5, 5.41) is 19.1. The Morgan fingerprint density at radius 3 is 2.63 bits per heavy atom. The molecule has 0 spiro atoms. The molecule has 152 valence electrons. The van der Waals surface area contributed by atoms with Gasteiger partial charge in [0.15, 0.2) is 5.78 Å². The lowest BCUT2D eigenvalue weighted by Crippen LogP contribution is -2.19. The van der Waals surface area contributed by atoms with Crippen molar-refractivity contribution >= 4 is 11.8 Å². The lowest BCUT2D eigenvalue weighted by molar-refractivity contribution is -0.137. The molecule has 27 heavy (non-hydrogen) atoms. The van der Waals surface area contributed by atoms with E-state index in [4.69, 9.17) is 5.11 Å². The van der Waals surface area contributed by atoms with E-state index in [0.29, 0.717) is 6.42 Å². The normalized spacial score (nSPS) is 25.5. The second-order valence-electron chi connectivity index (χ2n) is 8.53. The largest absolute Gasteiger partial charge is 0.481 e. The molecule has 0 saturated heterocycles. The first kappa shape index (κ1) is 21.9. The molecule has 4 atom stereocenters. The van der Waals surface area contributed by atoms with Crippen molar-refractivity contribution in [3.63, 3.8) is 0 Å². The van der Waals surface area contributed by atoms with Crippen LogP contribution in [0.3, 0.4) is 0 Å². The van der Waals surface area contributed by atoms with Crippen molar-refractivity contribution in [3.05, 3.63) is 24.3 Å². The van der Waals surface area contributed by atoms with Crippen LogP contribution in [0.25, 0.3) is 0 Å². The van der Waals surface area contributed by atoms with Crippen molar-refractivity contribution in [1.29, 1.82) is 0 Å². The molecule has 0 aromatic heterocycles. The smallest absolute Gasteiger partial charge is 0.303 e. The number of hydrogen-bond donors (Lipinski definition) is 2. The summed E-state index contributed by atoms with van der Waals surface area (Å²) in [6.07, 6.45) is 18.1. The topological polar surface area (TPSA) is 74.6 Å². The van der Waals surface area contributed by atoms with Gasteiger partial charge in [0.25, 0.3) is 0 Å². The van der Waals surface area contributed by atoms with Gasteiger partial charge in [-0.05, 0) is 37.2 Å². The molecular formula is C23H36O4. The molecule has 0 radical (unpaired) electrons. The first-order valence-corrected chi connectivity index (χ1v) is 10.8. The van der Waals surface area contributed by atoms with E-state index in [9.17, 15) is 14.7 Å². The Bertz CT molecular complexity index is 530. The van der Waals surface area contributed by atoms with Gasteiger partial charge in [-0.15, -0.1) is 0 Å². The van der Waals surface area contributed by atoms with E-state index in [-0.39, 0.29) is 30.0 Å². The fourth-order valence-electron chi connectivity index (χ4n) is 4.52. The highest BCUT2D eigenvalue weighted by atomic mass is 16.4. The van der Waals surface area contributed by atoms with Crippen LogP contribution < -0.4 is 0 Å². The lowest BCUT2D eigenvalue weighted by atomic mass is 9.87. The molecule has 2 aliphatic carbocycles. The van der Waals surface area contributed by atoms with E-state index in [0.717, 1.165) is 38.0 Å². The number of ketones is 1. The average Bonchev–Trinajstić information content (AvgIpc) is 3.26. The SMILES string of the molecule is CC(CC1CCCC1)C(O)/C=C/[C@H]1C=CC(=O)[C@@H]1CCCCCCC(=O)O. The van der Waals surface area contributed by atoms with Crippen LogP contribution in [-0.4, -0.2) is 28.1 Å². The molecule has 0 amide bonds. The van der Waals surface area contributed by atoms with Crippen molar-refractivity contribution in [3.8, 4) is 0 Å². The Hall–Kier alpha value is -1.42. The van der Waals surface area contributed by atoms with Gasteiger partial charge < -0.3 is 10.2 Å². The number of carboxylic acids is 1. The highest BCUT2D eigenvalue weighted by Crippen LogP contribution is 2.32. The van der Waals surface area contributed by atoms with E-state index < -0.39 is 12.1 Å². The molecule has 0 bridgehead atoms. The van der Waals surface area contributed by atoms with Gasteiger partial charge >= 0.3 is 5.97 Å². The van der Waals surface area contributed by atoms with Crippen molar-refractivity contribution in [2.24, 2.45) is 23.7 Å². The highest BCUT2D eigenvalue weighted by Gasteiger charge is 2.28. The van der Waals surface area contributed by atoms with Crippen LogP contribution in [0.4, 0.5) is 0 Å². The van der Waals surface area contributed by atoms with Crippen LogP contribution in [0.1, 0.15) is 77.6 Å². The van der Waals surface area contributed by atoms with Gasteiger partial charge in [0.2, 0.25) is 0 Å². The highest BCUT2D eigenvalue weighted by molar-refractivity contribution is 5.94. The summed E-state index contributed by atoms with van der Waals surface area (Å²) < 4.78 is 0. The molecule has 0 aromatic carbocycles. The first-order chi connectivity index (χ1) is 13.0. The van der Waals surface area contributed by atoms with E-state index >= 15 is 0 Å². The molecule has 0 heterocycles. The Labute approximate surface area is 163 Å². The Kier molecular flexibility index (Phi) is 9.26. The third-order valence-corrected chi connectivity index (χ3v) is 6.26. The number of unbranched alkanes of at least 4 members (excludes halogenated alkanes) is 3. The summed E-state index contributed by atoms with van der Waals surface area (Å²) in [5.41, 5.74) is 0. The van der Waals surface area contributed by atoms with E-state index in [1.54, 1.807) is 6.08 Å². The fourth-order valence-corrected chi connectivity index (χ4v) is 4.52. The van der Waals surface area contributed by atoms with Crippen molar-refractivity contribution in [2.45, 2.75) is 83.7 Å². The van der Waals surface area contributed by atoms with E-state index in [1.807, 2.05) is 18.2 Å². The number of carbonyl (C=O) groups is 2. The number of aliphatic hydroxyl groups is 1. The third-order valence-electron chi connectivity index (χ3n) is 6.26. The quantitative estimate of drug-likeness (QED) is 0.375. The summed E-state index contributed by atoms with van der Waals surface area (Å²) in [6.45, 7) is 2.12. The molecule has 2 unspecified atom stereocenters. The number of aliphatic carboxylic acids is 1. The molecule has 4 heteroatoms. The van der Waals surface area contributed by atoms with Crippen LogP contribution in [0.2, 0.25) is 0 Å². The standard InChI is InChI=1S/C23H36O4/c1-17(16-18-8-6-7-9-18)21(24)14-12-19-13-15-22(25)20(19)10-4-2-3-5-11-23(26)27/h12-15,17-21,24H,2-11,16H2,1H3,(H,26,27)/b14-12+/t17?,19-,20+,21?/m0/s1. The number of carboxylic acid groups (broad SMARTS) is 1. The van der Waals surface area contributed by atoms with Crippen LogP contribution in [0, 0.1) is 23.7 Å². The number of hydrogen-bond acceptors (Lipinski definition) is 3. The molecule has 2 aliphatic rings. The van der Waals surface area contributed by atoms with Gasteiger partial charge in [-0.1, -0.05) is 70.1 Å². The summed E-state index contributed by atoms with van der Waals surface area (Å²) in [7, 11) is 0. The van der Waals surface area contributed by atoms with Crippen molar-refractivity contribution in [2.75, 3.05) is 0 Å². The minimum absolute atomic E-state index is 0.0157. The Morgan fingerprint density at radius 1 is 1.22 bits per heavy atom. The summed E-state index contributed by atoms with van der Waals surface area (Å²) in [6, 6.07) is 0. The minimum atomic E-state index is -0.740. The summed E-state index contributed by atoms with van der Waals surface area (Å²) in [4.78, 5) is 22.7. The molecular weight excluding hydrogens is 340 g/mol. The monoisotopic (exact) mass is 376 g/mol. The van der Waals surface area contributed by atoms with Crippen LogP contribution in [0.15, 0.2) is 24.3 Å². The Morgan fingerprint density at radius 2 is 1.93 bits per heavy atom. The van der Waals surface area contributed by atoms with Gasteiger partial charge in [-0.25, -0.2) is 0 Å². The summed E-state index contributed by atoms with van der Waals surface area (Å²) >= 11 is 0. The maximum Gasteiger partial charge on any atom is 0.303 e. The zero-order valence-electron chi connectivity index (χ0n) is 16.7. The fraction of sp³-hybridized carbons (Fsp3) is 0.739. The van der Waals surface area contributed by atoms with Gasteiger partial charge in [-0.3, -0.25) is 9.59 Å². The summed E-state index contributed by atoms with van der Waals surface area (Å²) in [5.74, 6) is 0.547. The third kappa shape index (κ3) is 7.61.